The molecular weight excluding hydrogens is 761 g/mol. The summed E-state index contributed by atoms with van der Waals surface area (Å²) in [4.78, 5) is 39.9. The Balaban J connectivity index is -0.000000169. The first-order chi connectivity index (χ1) is 17.2. The molecule has 0 saturated heterocycles. The van der Waals surface area contributed by atoms with Gasteiger partial charge in [0.25, 0.3) is 0 Å². The van der Waals surface area contributed by atoms with Gasteiger partial charge in [-0.15, -0.1) is 0 Å². The second kappa shape index (κ2) is 15.4. The van der Waals surface area contributed by atoms with Crippen LogP contribution in [0.4, 0.5) is 0 Å². The molecule has 0 N–H and O–H groups in total. The zero-order valence-electron chi connectivity index (χ0n) is 35.6. The Kier molecular flexibility index (Phi) is 19.1. The number of hydrogen-bond acceptors (Lipinski definition) is 3. The van der Waals surface area contributed by atoms with E-state index >= 15 is 0 Å². The maximum Gasteiger partial charge on any atom is 0 e. The summed E-state index contributed by atoms with van der Waals surface area (Å²) in [6, 6.07) is 0. The standard InChI is InChI=1S/3C12H27OSi.CH3.W/c3*1-10(2,3)14(13,11(4,5)6)12(7,8)9;;/h3*1-9H3;1H3;/q4*-1;. The van der Waals surface area contributed by atoms with Gasteiger partial charge in [0, 0.05) is 21.1 Å². The van der Waals surface area contributed by atoms with Crippen molar-refractivity contribution in [3.8, 4) is 0 Å². The zero-order valence-corrected chi connectivity index (χ0v) is 41.6. The van der Waals surface area contributed by atoms with E-state index in [0.29, 0.717) is 0 Å². The molecule has 0 aromatic carbocycles. The predicted molar refractivity (Wildman–Crippen MR) is 201 cm³/mol. The van der Waals surface area contributed by atoms with E-state index in [1.165, 1.54) is 0 Å². The molecule has 0 heterocycles. The van der Waals surface area contributed by atoms with E-state index < -0.39 is 25.0 Å². The molecule has 0 aliphatic rings. The smallest absolute Gasteiger partial charge is 0 e. The van der Waals surface area contributed by atoms with E-state index in [1.54, 1.807) is 0 Å². The van der Waals surface area contributed by atoms with Crippen molar-refractivity contribution in [2.24, 2.45) is 0 Å². The molecule has 3 nitrogen and oxygen atoms in total. The summed E-state index contributed by atoms with van der Waals surface area (Å²) in [7, 11) is -7.81. The Hall–Kier alpha value is 1.22. The van der Waals surface area contributed by atoms with Crippen LogP contribution >= 0.6 is 0 Å². The van der Waals surface area contributed by atoms with Crippen molar-refractivity contribution < 1.29 is 35.5 Å². The van der Waals surface area contributed by atoms with E-state index in [-0.39, 0.29) is 73.8 Å². The fraction of sp³-hybridized carbons (Fsp3) is 0.973. The minimum atomic E-state index is -2.60. The molecule has 0 aliphatic heterocycles. The summed E-state index contributed by atoms with van der Waals surface area (Å²) in [5.41, 5.74) is 0. The van der Waals surface area contributed by atoms with Crippen LogP contribution in [0, 0.1) is 7.43 Å². The molecule has 0 aliphatic carbocycles. The predicted octanol–water partition coefficient (Wildman–Crippen LogP) is 11.5. The SMILES string of the molecule is CC(C)(C)[Si]([O-])(C(C)(C)C)C(C)(C)C.CC(C)(C)[Si]([O-])(C(C)(C)C)C(C)(C)C.CC(C)(C)[Si]([O-])(C(C)(C)C)C(C)(C)C.[CH3-].[W]. The minimum Gasteiger partial charge on any atom is -0.857 e. The van der Waals surface area contributed by atoms with Crippen molar-refractivity contribution in [3.63, 3.8) is 0 Å². The molecule has 0 amide bonds. The van der Waals surface area contributed by atoms with Crippen molar-refractivity contribution in [2.75, 3.05) is 0 Å². The van der Waals surface area contributed by atoms with Crippen LogP contribution in [0.3, 0.4) is 0 Å². The van der Waals surface area contributed by atoms with E-state index in [1.807, 2.05) is 0 Å². The second-order valence-electron chi connectivity index (χ2n) is 22.3. The Morgan fingerprint density at radius 3 is 0.273 bits per heavy atom. The largest absolute Gasteiger partial charge is 0.857 e. The van der Waals surface area contributed by atoms with Crippen LogP contribution in [-0.2, 0) is 21.1 Å². The van der Waals surface area contributed by atoms with Gasteiger partial charge in [-0.3, -0.25) is 0 Å². The van der Waals surface area contributed by atoms with Gasteiger partial charge in [-0.2, -0.15) is 0 Å². The maximum atomic E-state index is 13.3. The van der Waals surface area contributed by atoms with Crippen molar-refractivity contribution in [1.82, 2.24) is 0 Å². The fourth-order valence-corrected chi connectivity index (χ4v) is 30.4. The molecule has 0 bridgehead atoms. The molecule has 0 atom stereocenters. The van der Waals surface area contributed by atoms with Crippen molar-refractivity contribution in [1.29, 1.82) is 0 Å². The van der Waals surface area contributed by atoms with E-state index in [0.717, 1.165) is 0 Å². The normalized spacial score (nSPS) is 15.1. The molecule has 272 valence electrons. The third-order valence-electron chi connectivity index (χ3n) is 9.51. The van der Waals surface area contributed by atoms with Crippen molar-refractivity contribution in [3.05, 3.63) is 7.43 Å². The fourth-order valence-electron chi connectivity index (χ4n) is 10.1. The summed E-state index contributed by atoms with van der Waals surface area (Å²) in [5.74, 6) is 0. The summed E-state index contributed by atoms with van der Waals surface area (Å²) in [6.07, 6.45) is 0. The van der Waals surface area contributed by atoms with Crippen LogP contribution in [0.1, 0.15) is 187 Å². The van der Waals surface area contributed by atoms with E-state index in [4.69, 9.17) is 0 Å². The first kappa shape index (κ1) is 54.7. The van der Waals surface area contributed by atoms with Crippen LogP contribution in [0.15, 0.2) is 0 Å². The molecule has 0 spiro atoms. The third kappa shape index (κ3) is 11.4. The summed E-state index contributed by atoms with van der Waals surface area (Å²) >= 11 is 0. The Morgan fingerprint density at radius 2 is 0.273 bits per heavy atom. The Morgan fingerprint density at radius 1 is 0.227 bits per heavy atom. The average molecular weight is 845 g/mol. The zero-order chi connectivity index (χ0) is 36.0. The number of rotatable bonds is 0. The Labute approximate surface area is 298 Å². The third-order valence-corrected chi connectivity index (χ3v) is 28.5. The van der Waals surface area contributed by atoms with Crippen molar-refractivity contribution in [2.45, 2.75) is 232 Å². The molecular formula is C37H84O3Si3W-4. The molecule has 0 unspecified atom stereocenters. The first-order valence-electron chi connectivity index (χ1n) is 16.4. The minimum absolute atomic E-state index is 0. The maximum absolute atomic E-state index is 13.3. The summed E-state index contributed by atoms with van der Waals surface area (Å²) < 4.78 is 0. The van der Waals surface area contributed by atoms with Crippen LogP contribution in [-0.4, -0.2) is 25.0 Å². The molecule has 0 radical (unpaired) electrons. The van der Waals surface area contributed by atoms with E-state index in [2.05, 4.69) is 187 Å². The second-order valence-corrected chi connectivity index (χ2v) is 39.9. The van der Waals surface area contributed by atoms with Crippen LogP contribution in [0.25, 0.3) is 0 Å². The van der Waals surface area contributed by atoms with E-state index in [9.17, 15) is 14.4 Å². The quantitative estimate of drug-likeness (QED) is 0.180. The van der Waals surface area contributed by atoms with Gasteiger partial charge >= 0.3 is 0 Å². The molecule has 0 rings (SSSR count). The molecule has 7 heteroatoms. The molecule has 0 fully saturated rings. The number of hydrogen-bond donors (Lipinski definition) is 0. The van der Waals surface area contributed by atoms with Gasteiger partial charge < -0.3 is 21.8 Å². The van der Waals surface area contributed by atoms with Gasteiger partial charge in [0.05, 0.1) is 0 Å². The molecule has 0 saturated carbocycles. The summed E-state index contributed by atoms with van der Waals surface area (Å²) in [6.45, 7) is 57.1. The topological polar surface area (TPSA) is 69.2 Å². The van der Waals surface area contributed by atoms with Gasteiger partial charge in [0.1, 0.15) is 0 Å². The molecule has 44 heavy (non-hydrogen) atoms. The van der Waals surface area contributed by atoms with Crippen LogP contribution in [0.2, 0.25) is 45.3 Å². The van der Waals surface area contributed by atoms with Crippen LogP contribution < -0.4 is 14.4 Å². The first-order valence-corrected chi connectivity index (χ1v) is 22.1. The van der Waals surface area contributed by atoms with Crippen LogP contribution in [0.5, 0.6) is 0 Å². The summed E-state index contributed by atoms with van der Waals surface area (Å²) in [5, 5.41) is -0.844. The monoisotopic (exact) mass is 845 g/mol. The Bertz CT molecular complexity index is 613. The van der Waals surface area contributed by atoms with Crippen molar-refractivity contribution >= 4 is 25.0 Å². The van der Waals surface area contributed by atoms with Gasteiger partial charge in [0.2, 0.25) is 0 Å². The van der Waals surface area contributed by atoms with Gasteiger partial charge in [0.15, 0.2) is 0 Å². The molecule has 0 aromatic heterocycles. The average Bonchev–Trinajstić information content (AvgIpc) is 2.58. The van der Waals surface area contributed by atoms with Gasteiger partial charge in [-0.1, -0.05) is 232 Å². The van der Waals surface area contributed by atoms with Gasteiger partial charge in [-0.05, 0) is 25.0 Å². The van der Waals surface area contributed by atoms with Gasteiger partial charge in [-0.25, -0.2) is 0 Å². The molecule has 0 aromatic rings.